The maximum Gasteiger partial charge on any atom is 0.264 e. The minimum absolute atomic E-state index is 0.0759. The zero-order valence-corrected chi connectivity index (χ0v) is 17.3. The Balaban J connectivity index is 1.57. The molecule has 0 spiro atoms. The lowest BCUT2D eigenvalue weighted by atomic mass is 10.1. The van der Waals surface area contributed by atoms with Gasteiger partial charge in [-0.3, -0.25) is 4.79 Å². The van der Waals surface area contributed by atoms with Crippen LogP contribution in [0.5, 0.6) is 0 Å². The van der Waals surface area contributed by atoms with Crippen LogP contribution < -0.4 is 0 Å². The van der Waals surface area contributed by atoms with E-state index < -0.39 is 0 Å². The molecule has 2 heterocycles. The smallest absolute Gasteiger partial charge is 0.264 e. The molecule has 2 aromatic carbocycles. The van der Waals surface area contributed by atoms with Crippen LogP contribution in [0.25, 0.3) is 0 Å². The van der Waals surface area contributed by atoms with E-state index in [4.69, 9.17) is 0 Å². The van der Waals surface area contributed by atoms with Gasteiger partial charge in [0, 0.05) is 25.0 Å². The molecule has 0 unspecified atom stereocenters. The van der Waals surface area contributed by atoms with E-state index >= 15 is 0 Å². The zero-order valence-electron chi connectivity index (χ0n) is 16.5. The third kappa shape index (κ3) is 4.84. The average molecular weight is 401 g/mol. The van der Waals surface area contributed by atoms with Crippen LogP contribution in [0.15, 0.2) is 90.4 Å². The van der Waals surface area contributed by atoms with Crippen LogP contribution >= 0.6 is 11.3 Å². The Labute approximate surface area is 175 Å². The number of nitrogens with zero attached hydrogens (tertiary/aromatic N) is 2. The molecule has 0 saturated carbocycles. The van der Waals surface area contributed by atoms with Crippen molar-refractivity contribution in [1.29, 1.82) is 0 Å². The molecular weight excluding hydrogens is 376 g/mol. The number of carbonyl (C=O) groups excluding carboxylic acids is 1. The van der Waals surface area contributed by atoms with Gasteiger partial charge in [-0.2, -0.15) is 0 Å². The van der Waals surface area contributed by atoms with E-state index in [9.17, 15) is 4.79 Å². The summed E-state index contributed by atoms with van der Waals surface area (Å²) >= 11 is 1.49. The summed E-state index contributed by atoms with van der Waals surface area (Å²) in [4.78, 5) is 15.9. The molecule has 0 saturated heterocycles. The Kier molecular flexibility index (Phi) is 5.92. The van der Waals surface area contributed by atoms with Crippen LogP contribution in [0.1, 0.15) is 32.1 Å². The van der Waals surface area contributed by atoms with Crippen LogP contribution in [0, 0.1) is 6.92 Å². The number of thiophene rings is 1. The molecule has 0 bridgehead atoms. The molecule has 4 heteroatoms. The van der Waals surface area contributed by atoms with Crippen LogP contribution in [0.2, 0.25) is 0 Å². The van der Waals surface area contributed by atoms with Gasteiger partial charge in [0.05, 0.1) is 11.4 Å². The van der Waals surface area contributed by atoms with E-state index in [0.717, 1.165) is 22.7 Å². The predicted octanol–water partition coefficient (Wildman–Crippen LogP) is 5.75. The van der Waals surface area contributed by atoms with E-state index in [0.29, 0.717) is 13.1 Å². The maximum atomic E-state index is 13.2. The van der Waals surface area contributed by atoms with Gasteiger partial charge in [-0.1, -0.05) is 66.2 Å². The standard InChI is InChI=1S/C25H24N2OS/c1-20-11-13-22(14-12-20)17-26-15-5-9-23(26)19-27(18-21-7-3-2-4-8-21)25(28)24-10-6-16-29-24/h2-16H,17-19H2,1H3. The quantitative estimate of drug-likeness (QED) is 0.388. The van der Waals surface area contributed by atoms with Gasteiger partial charge >= 0.3 is 0 Å². The van der Waals surface area contributed by atoms with Gasteiger partial charge in [0.1, 0.15) is 0 Å². The average Bonchev–Trinajstić information content (AvgIpc) is 3.42. The van der Waals surface area contributed by atoms with Gasteiger partial charge < -0.3 is 9.47 Å². The molecule has 4 aromatic rings. The highest BCUT2D eigenvalue weighted by Gasteiger charge is 2.19. The summed E-state index contributed by atoms with van der Waals surface area (Å²) in [5.41, 5.74) is 4.78. The first kappa shape index (κ1) is 19.2. The number of aromatic nitrogens is 1. The van der Waals surface area contributed by atoms with Crippen LogP contribution in [-0.4, -0.2) is 15.4 Å². The van der Waals surface area contributed by atoms with E-state index in [1.54, 1.807) is 0 Å². The summed E-state index contributed by atoms with van der Waals surface area (Å²) in [5, 5.41) is 1.95. The van der Waals surface area contributed by atoms with Gasteiger partial charge in [-0.15, -0.1) is 11.3 Å². The van der Waals surface area contributed by atoms with Crippen molar-refractivity contribution in [3.05, 3.63) is 118 Å². The van der Waals surface area contributed by atoms with E-state index in [-0.39, 0.29) is 5.91 Å². The number of hydrogen-bond donors (Lipinski definition) is 0. The number of amides is 1. The van der Waals surface area contributed by atoms with Crippen molar-refractivity contribution in [1.82, 2.24) is 9.47 Å². The second-order valence-electron chi connectivity index (χ2n) is 7.24. The molecule has 3 nitrogen and oxygen atoms in total. The van der Waals surface area contributed by atoms with E-state index in [2.05, 4.69) is 66.2 Å². The monoisotopic (exact) mass is 400 g/mol. The Morgan fingerprint density at radius 2 is 1.66 bits per heavy atom. The second kappa shape index (κ2) is 8.93. The lowest BCUT2D eigenvalue weighted by Gasteiger charge is -2.23. The summed E-state index contributed by atoms with van der Waals surface area (Å²) in [7, 11) is 0. The van der Waals surface area contributed by atoms with Gasteiger partial charge in [-0.05, 0) is 41.6 Å². The number of hydrogen-bond acceptors (Lipinski definition) is 2. The SMILES string of the molecule is Cc1ccc(Cn2cccc2CN(Cc2ccccc2)C(=O)c2cccs2)cc1. The molecule has 1 amide bonds. The summed E-state index contributed by atoms with van der Waals surface area (Å²) in [6, 6.07) is 26.8. The highest BCUT2D eigenvalue weighted by molar-refractivity contribution is 7.12. The summed E-state index contributed by atoms with van der Waals surface area (Å²) in [6.07, 6.45) is 2.09. The fourth-order valence-electron chi connectivity index (χ4n) is 3.39. The molecule has 29 heavy (non-hydrogen) atoms. The highest BCUT2D eigenvalue weighted by atomic mass is 32.1. The van der Waals surface area contributed by atoms with Crippen LogP contribution in [0.3, 0.4) is 0 Å². The number of rotatable bonds is 7. The molecule has 0 aliphatic carbocycles. The molecule has 0 aliphatic heterocycles. The normalized spacial score (nSPS) is 10.8. The minimum Gasteiger partial charge on any atom is -0.345 e. The Hall–Kier alpha value is -3.11. The molecule has 2 aromatic heterocycles. The van der Waals surface area contributed by atoms with Crippen LogP contribution in [-0.2, 0) is 19.6 Å². The third-order valence-electron chi connectivity index (χ3n) is 4.99. The van der Waals surface area contributed by atoms with Crippen molar-refractivity contribution >= 4 is 17.2 Å². The molecule has 4 rings (SSSR count). The molecular formula is C25H24N2OS. The highest BCUT2D eigenvalue weighted by Crippen LogP contribution is 2.18. The molecule has 0 atom stereocenters. The fourth-order valence-corrected chi connectivity index (χ4v) is 4.08. The van der Waals surface area contributed by atoms with Gasteiger partial charge in [0.25, 0.3) is 5.91 Å². The Bertz CT molecular complexity index is 1050. The van der Waals surface area contributed by atoms with Crippen molar-refractivity contribution < 1.29 is 4.79 Å². The lowest BCUT2D eigenvalue weighted by molar-refractivity contribution is 0.0731. The van der Waals surface area contributed by atoms with Crippen molar-refractivity contribution in [3.63, 3.8) is 0 Å². The first-order valence-electron chi connectivity index (χ1n) is 9.75. The predicted molar refractivity (Wildman–Crippen MR) is 119 cm³/mol. The van der Waals surface area contributed by atoms with Crippen molar-refractivity contribution in [3.8, 4) is 0 Å². The second-order valence-corrected chi connectivity index (χ2v) is 8.18. The maximum absolute atomic E-state index is 13.2. The zero-order chi connectivity index (χ0) is 20.1. The van der Waals surface area contributed by atoms with Crippen molar-refractivity contribution in [2.45, 2.75) is 26.6 Å². The summed E-state index contributed by atoms with van der Waals surface area (Å²) in [6.45, 7) is 4.06. The Morgan fingerprint density at radius 1 is 0.862 bits per heavy atom. The Morgan fingerprint density at radius 3 is 2.38 bits per heavy atom. The molecule has 0 fully saturated rings. The molecule has 0 N–H and O–H groups in total. The number of benzene rings is 2. The third-order valence-corrected chi connectivity index (χ3v) is 5.84. The van der Waals surface area contributed by atoms with Gasteiger partial charge in [0.15, 0.2) is 0 Å². The van der Waals surface area contributed by atoms with E-state index in [1.165, 1.54) is 22.5 Å². The number of aryl methyl sites for hydroxylation is 1. The lowest BCUT2D eigenvalue weighted by Crippen LogP contribution is -2.30. The minimum atomic E-state index is 0.0759. The largest absolute Gasteiger partial charge is 0.345 e. The topological polar surface area (TPSA) is 25.2 Å². The summed E-state index contributed by atoms with van der Waals surface area (Å²) < 4.78 is 2.23. The first-order valence-corrected chi connectivity index (χ1v) is 10.6. The van der Waals surface area contributed by atoms with Gasteiger partial charge in [-0.25, -0.2) is 0 Å². The molecule has 146 valence electrons. The first-order chi connectivity index (χ1) is 14.2. The van der Waals surface area contributed by atoms with Crippen molar-refractivity contribution in [2.75, 3.05) is 0 Å². The fraction of sp³-hybridized carbons (Fsp3) is 0.160. The molecule has 0 aliphatic rings. The van der Waals surface area contributed by atoms with Crippen LogP contribution in [0.4, 0.5) is 0 Å². The van der Waals surface area contributed by atoms with E-state index in [1.807, 2.05) is 40.6 Å². The van der Waals surface area contributed by atoms with Crippen molar-refractivity contribution in [2.24, 2.45) is 0 Å². The van der Waals surface area contributed by atoms with Gasteiger partial charge in [0.2, 0.25) is 0 Å². The summed E-state index contributed by atoms with van der Waals surface area (Å²) in [5.74, 6) is 0.0759. The molecule has 0 radical (unpaired) electrons. The number of carbonyl (C=O) groups is 1.